The highest BCUT2D eigenvalue weighted by atomic mass is 79.9. The number of halogens is 1. The summed E-state index contributed by atoms with van der Waals surface area (Å²) in [5.74, 6) is -0.739. The van der Waals surface area contributed by atoms with Gasteiger partial charge in [0.25, 0.3) is 0 Å². The molecule has 1 N–H and O–H groups in total. The first-order chi connectivity index (χ1) is 10.0. The van der Waals surface area contributed by atoms with E-state index in [2.05, 4.69) is 22.0 Å². The summed E-state index contributed by atoms with van der Waals surface area (Å²) in [5, 5.41) is 18.0. The van der Waals surface area contributed by atoms with Crippen LogP contribution >= 0.6 is 15.9 Å². The molecule has 2 aromatic rings. The molecule has 0 heterocycles. The minimum Gasteiger partial charge on any atom is -0.487 e. The Hall–Kier alpha value is -2.32. The number of ether oxygens (including phenoxy) is 1. The van der Waals surface area contributed by atoms with Gasteiger partial charge in [-0.15, -0.1) is 0 Å². The van der Waals surface area contributed by atoms with Crippen LogP contribution in [0.2, 0.25) is 0 Å². The first-order valence-electron chi connectivity index (χ1n) is 6.17. The molecule has 21 heavy (non-hydrogen) atoms. The van der Waals surface area contributed by atoms with Crippen LogP contribution in [0.5, 0.6) is 5.75 Å². The second-order valence-electron chi connectivity index (χ2n) is 4.46. The van der Waals surface area contributed by atoms with Crippen molar-refractivity contribution < 1.29 is 14.6 Å². The van der Waals surface area contributed by atoms with Gasteiger partial charge in [0.05, 0.1) is 16.1 Å². The predicted octanol–water partition coefficient (Wildman–Crippen LogP) is 3.91. The number of hydrogen-bond acceptors (Lipinski definition) is 3. The first kappa shape index (κ1) is 15.1. The fourth-order valence-corrected chi connectivity index (χ4v) is 2.38. The van der Waals surface area contributed by atoms with Crippen molar-refractivity contribution in [1.29, 1.82) is 5.26 Å². The molecule has 5 heteroatoms. The summed E-state index contributed by atoms with van der Waals surface area (Å²) in [6, 6.07) is 12.2. The standard InChI is InChI=1S/C16H12BrNO3/c1-10-7-11(8-18)5-6-12(10)9-21-15-13(16(19)20)3-2-4-14(15)17/h2-7H,9H2,1H3,(H,19,20). The Bertz CT molecular complexity index is 735. The average Bonchev–Trinajstić information content (AvgIpc) is 2.46. The van der Waals surface area contributed by atoms with Gasteiger partial charge in [-0.1, -0.05) is 12.1 Å². The number of nitriles is 1. The highest BCUT2D eigenvalue weighted by molar-refractivity contribution is 9.10. The van der Waals surface area contributed by atoms with Gasteiger partial charge in [0.2, 0.25) is 0 Å². The number of aryl methyl sites for hydroxylation is 1. The minimum atomic E-state index is -1.04. The van der Waals surface area contributed by atoms with Gasteiger partial charge < -0.3 is 9.84 Å². The normalized spacial score (nSPS) is 9.95. The van der Waals surface area contributed by atoms with E-state index in [0.29, 0.717) is 15.8 Å². The molecule has 0 aliphatic rings. The fraction of sp³-hybridized carbons (Fsp3) is 0.125. The molecule has 0 saturated heterocycles. The van der Waals surface area contributed by atoms with E-state index in [4.69, 9.17) is 10.00 Å². The largest absolute Gasteiger partial charge is 0.487 e. The maximum atomic E-state index is 11.2. The molecule has 2 aromatic carbocycles. The zero-order valence-electron chi connectivity index (χ0n) is 11.3. The van der Waals surface area contributed by atoms with Crippen LogP contribution in [0, 0.1) is 18.3 Å². The minimum absolute atomic E-state index is 0.107. The third-order valence-electron chi connectivity index (χ3n) is 3.04. The molecule has 0 aliphatic heterocycles. The zero-order valence-corrected chi connectivity index (χ0v) is 12.8. The SMILES string of the molecule is Cc1cc(C#N)ccc1COc1c(Br)cccc1C(=O)O. The lowest BCUT2D eigenvalue weighted by Gasteiger charge is -2.12. The number of nitrogens with zero attached hydrogens (tertiary/aromatic N) is 1. The van der Waals surface area contributed by atoms with Crippen LogP contribution in [0.4, 0.5) is 0 Å². The topological polar surface area (TPSA) is 70.3 Å². The molecule has 106 valence electrons. The van der Waals surface area contributed by atoms with Gasteiger partial charge in [-0.25, -0.2) is 4.79 Å². The molecule has 0 spiro atoms. The van der Waals surface area contributed by atoms with Gasteiger partial charge in [0.1, 0.15) is 17.9 Å². The van der Waals surface area contributed by atoms with Gasteiger partial charge >= 0.3 is 5.97 Å². The summed E-state index contributed by atoms with van der Waals surface area (Å²) in [4.78, 5) is 11.2. The van der Waals surface area contributed by atoms with Crippen LogP contribution in [0.25, 0.3) is 0 Å². The van der Waals surface area contributed by atoms with Crippen LogP contribution in [0.3, 0.4) is 0 Å². The second-order valence-corrected chi connectivity index (χ2v) is 5.32. The number of para-hydroxylation sites is 1. The number of carboxylic acid groups (broad SMARTS) is 1. The molecule has 0 saturated carbocycles. The first-order valence-corrected chi connectivity index (χ1v) is 6.96. The van der Waals surface area contributed by atoms with Gasteiger partial charge in [0, 0.05) is 0 Å². The number of carbonyl (C=O) groups is 1. The molecule has 4 nitrogen and oxygen atoms in total. The van der Waals surface area contributed by atoms with Crippen molar-refractivity contribution in [1.82, 2.24) is 0 Å². The molecule has 0 aliphatic carbocycles. The quantitative estimate of drug-likeness (QED) is 0.911. The Morgan fingerprint density at radius 1 is 1.38 bits per heavy atom. The van der Waals surface area contributed by atoms with Crippen molar-refractivity contribution in [3.05, 3.63) is 63.1 Å². The van der Waals surface area contributed by atoms with E-state index in [1.165, 1.54) is 6.07 Å². The molecule has 0 unspecified atom stereocenters. The van der Waals surface area contributed by atoms with Crippen molar-refractivity contribution in [2.24, 2.45) is 0 Å². The zero-order chi connectivity index (χ0) is 15.4. The third-order valence-corrected chi connectivity index (χ3v) is 3.67. The molecule has 0 bridgehead atoms. The van der Waals surface area contributed by atoms with Crippen molar-refractivity contribution >= 4 is 21.9 Å². The molecule has 0 fully saturated rings. The van der Waals surface area contributed by atoms with Crippen molar-refractivity contribution in [2.45, 2.75) is 13.5 Å². The number of carboxylic acids is 1. The fourth-order valence-electron chi connectivity index (χ4n) is 1.90. The Balaban J connectivity index is 2.25. The molecular weight excluding hydrogens is 334 g/mol. The number of aromatic carboxylic acids is 1. The summed E-state index contributed by atoms with van der Waals surface area (Å²) in [6.07, 6.45) is 0. The molecule has 2 rings (SSSR count). The van der Waals surface area contributed by atoms with Crippen LogP contribution in [0.15, 0.2) is 40.9 Å². The van der Waals surface area contributed by atoms with Gasteiger partial charge in [-0.3, -0.25) is 0 Å². The van der Waals surface area contributed by atoms with E-state index >= 15 is 0 Å². The maximum Gasteiger partial charge on any atom is 0.339 e. The summed E-state index contributed by atoms with van der Waals surface area (Å²) < 4.78 is 6.25. The Morgan fingerprint density at radius 3 is 2.76 bits per heavy atom. The monoisotopic (exact) mass is 345 g/mol. The van der Waals surface area contributed by atoms with E-state index < -0.39 is 5.97 Å². The third kappa shape index (κ3) is 3.41. The van der Waals surface area contributed by atoms with E-state index in [1.807, 2.05) is 13.0 Å². The van der Waals surface area contributed by atoms with E-state index in [9.17, 15) is 9.90 Å². The van der Waals surface area contributed by atoms with Gasteiger partial charge in [0.15, 0.2) is 0 Å². The summed E-state index contributed by atoms with van der Waals surface area (Å²) in [6.45, 7) is 2.12. The highest BCUT2D eigenvalue weighted by Gasteiger charge is 2.14. The van der Waals surface area contributed by atoms with Crippen LogP contribution < -0.4 is 4.74 Å². The molecular formula is C16H12BrNO3. The van der Waals surface area contributed by atoms with Crippen molar-refractivity contribution in [2.75, 3.05) is 0 Å². The van der Waals surface area contributed by atoms with Crippen LogP contribution in [-0.4, -0.2) is 11.1 Å². The van der Waals surface area contributed by atoms with Crippen LogP contribution in [-0.2, 0) is 6.61 Å². The summed E-state index contributed by atoms with van der Waals surface area (Å²) >= 11 is 3.30. The van der Waals surface area contributed by atoms with Crippen molar-refractivity contribution in [3.63, 3.8) is 0 Å². The van der Waals surface area contributed by atoms with Gasteiger partial charge in [-0.05, 0) is 58.2 Å². The maximum absolute atomic E-state index is 11.2. The number of rotatable bonds is 4. The predicted molar refractivity (Wildman–Crippen MR) is 81.3 cm³/mol. The van der Waals surface area contributed by atoms with Gasteiger partial charge in [-0.2, -0.15) is 5.26 Å². The van der Waals surface area contributed by atoms with E-state index in [1.54, 1.807) is 24.3 Å². The molecule has 0 aromatic heterocycles. The Morgan fingerprint density at radius 2 is 2.14 bits per heavy atom. The second kappa shape index (κ2) is 6.42. The molecule has 0 amide bonds. The summed E-state index contributed by atoms with van der Waals surface area (Å²) in [7, 11) is 0. The van der Waals surface area contributed by atoms with Crippen molar-refractivity contribution in [3.8, 4) is 11.8 Å². The van der Waals surface area contributed by atoms with E-state index in [0.717, 1.165) is 11.1 Å². The lowest BCUT2D eigenvalue weighted by Crippen LogP contribution is -2.05. The smallest absolute Gasteiger partial charge is 0.339 e. The number of benzene rings is 2. The number of hydrogen-bond donors (Lipinski definition) is 1. The summed E-state index contributed by atoms with van der Waals surface area (Å²) in [5.41, 5.74) is 2.53. The lowest BCUT2D eigenvalue weighted by molar-refractivity contribution is 0.0691. The van der Waals surface area contributed by atoms with E-state index in [-0.39, 0.29) is 12.2 Å². The Kier molecular flexibility index (Phi) is 4.61. The molecule has 0 atom stereocenters. The molecule has 0 radical (unpaired) electrons. The van der Waals surface area contributed by atoms with Crippen LogP contribution in [0.1, 0.15) is 27.0 Å². The highest BCUT2D eigenvalue weighted by Crippen LogP contribution is 2.30. The Labute approximate surface area is 130 Å². The average molecular weight is 346 g/mol. The lowest BCUT2D eigenvalue weighted by atomic mass is 10.1.